The summed E-state index contributed by atoms with van der Waals surface area (Å²) in [4.78, 5) is 16.6. The first kappa shape index (κ1) is 16.5. The molecule has 6 heteroatoms. The normalized spacial score (nSPS) is 19.0. The summed E-state index contributed by atoms with van der Waals surface area (Å²) in [7, 11) is 0. The summed E-state index contributed by atoms with van der Waals surface area (Å²) in [5, 5.41) is 17.7. The van der Waals surface area contributed by atoms with Gasteiger partial charge in [0.15, 0.2) is 0 Å². The molecule has 1 amide bonds. The predicted octanol–water partition coefficient (Wildman–Crippen LogP) is 2.69. The lowest BCUT2D eigenvalue weighted by Crippen LogP contribution is -2.42. The van der Waals surface area contributed by atoms with E-state index < -0.39 is 11.5 Å². The van der Waals surface area contributed by atoms with E-state index in [4.69, 9.17) is 4.52 Å². The van der Waals surface area contributed by atoms with Crippen molar-refractivity contribution in [2.45, 2.75) is 24.9 Å². The van der Waals surface area contributed by atoms with Crippen LogP contribution in [0.25, 0.3) is 11.4 Å². The van der Waals surface area contributed by atoms with Gasteiger partial charge < -0.3 is 14.9 Å². The highest BCUT2D eigenvalue weighted by Gasteiger charge is 2.34. The van der Waals surface area contributed by atoms with E-state index in [1.54, 1.807) is 24.4 Å². The van der Waals surface area contributed by atoms with Crippen LogP contribution in [0.2, 0.25) is 0 Å². The van der Waals surface area contributed by atoms with E-state index in [1.807, 2.05) is 30.3 Å². The van der Waals surface area contributed by atoms with Crippen LogP contribution in [-0.2, 0) is 12.0 Å². The first-order valence-corrected chi connectivity index (χ1v) is 8.63. The summed E-state index contributed by atoms with van der Waals surface area (Å²) < 4.78 is 5.14. The predicted molar refractivity (Wildman–Crippen MR) is 95.3 cm³/mol. The lowest BCUT2D eigenvalue weighted by Gasteiger charge is -2.34. The van der Waals surface area contributed by atoms with Gasteiger partial charge in [-0.25, -0.2) is 0 Å². The van der Waals surface area contributed by atoms with Crippen LogP contribution in [0.4, 0.5) is 0 Å². The number of aryl methyl sites for hydroxylation is 1. The van der Waals surface area contributed by atoms with Crippen LogP contribution >= 0.6 is 0 Å². The second-order valence-electron chi connectivity index (χ2n) is 6.52. The molecule has 0 spiro atoms. The van der Waals surface area contributed by atoms with Gasteiger partial charge in [-0.3, -0.25) is 9.78 Å². The zero-order valence-electron chi connectivity index (χ0n) is 14.2. The summed E-state index contributed by atoms with van der Waals surface area (Å²) in [6.07, 6.45) is 4.09. The van der Waals surface area contributed by atoms with Gasteiger partial charge in [-0.2, -0.15) is 0 Å². The zero-order valence-corrected chi connectivity index (χ0v) is 14.2. The van der Waals surface area contributed by atoms with Gasteiger partial charge in [-0.1, -0.05) is 35.5 Å². The molecule has 132 valence electrons. The summed E-state index contributed by atoms with van der Waals surface area (Å²) >= 11 is 0. The van der Waals surface area contributed by atoms with Crippen LogP contribution in [0.15, 0.2) is 59.3 Å². The zero-order chi connectivity index (χ0) is 18.0. The summed E-state index contributed by atoms with van der Waals surface area (Å²) in [5.74, 6) is -0.311. The second kappa shape index (κ2) is 6.72. The molecule has 6 nitrogen and oxygen atoms in total. The number of rotatable bonds is 4. The molecule has 1 aliphatic rings. The Morgan fingerprint density at radius 3 is 2.88 bits per heavy atom. The molecular formula is C20H19N3O3. The highest BCUT2D eigenvalue weighted by molar-refractivity contribution is 5.92. The van der Waals surface area contributed by atoms with Gasteiger partial charge in [-0.05, 0) is 42.5 Å². The highest BCUT2D eigenvalue weighted by Crippen LogP contribution is 2.34. The van der Waals surface area contributed by atoms with Gasteiger partial charge >= 0.3 is 0 Å². The van der Waals surface area contributed by atoms with Crippen molar-refractivity contribution < 1.29 is 14.4 Å². The molecule has 0 saturated carbocycles. The van der Waals surface area contributed by atoms with Crippen molar-refractivity contribution >= 4 is 5.91 Å². The fourth-order valence-electron chi connectivity index (χ4n) is 3.41. The van der Waals surface area contributed by atoms with E-state index >= 15 is 0 Å². The van der Waals surface area contributed by atoms with Gasteiger partial charge in [0.2, 0.25) is 5.76 Å². The minimum Gasteiger partial charge on any atom is -0.383 e. The fraction of sp³-hybridized carbons (Fsp3) is 0.250. The van der Waals surface area contributed by atoms with E-state index in [1.165, 1.54) is 0 Å². The molecule has 4 rings (SSSR count). The summed E-state index contributed by atoms with van der Waals surface area (Å²) in [6.45, 7) is 0.127. The number of hydrogen-bond donors (Lipinski definition) is 2. The molecule has 0 radical (unpaired) electrons. The Morgan fingerprint density at radius 1 is 1.19 bits per heavy atom. The molecule has 0 fully saturated rings. The minimum absolute atomic E-state index is 0.0957. The van der Waals surface area contributed by atoms with Crippen LogP contribution in [-0.4, -0.2) is 27.7 Å². The first-order chi connectivity index (χ1) is 12.7. The van der Waals surface area contributed by atoms with Gasteiger partial charge in [-0.15, -0.1) is 0 Å². The van der Waals surface area contributed by atoms with Crippen LogP contribution in [0.1, 0.15) is 34.5 Å². The lowest BCUT2D eigenvalue weighted by molar-refractivity contribution is 0.0185. The van der Waals surface area contributed by atoms with E-state index in [0.717, 1.165) is 24.0 Å². The van der Waals surface area contributed by atoms with Crippen molar-refractivity contribution in [1.82, 2.24) is 15.5 Å². The Bertz CT molecular complexity index is 923. The van der Waals surface area contributed by atoms with Crippen molar-refractivity contribution in [3.05, 3.63) is 71.6 Å². The molecule has 26 heavy (non-hydrogen) atoms. The monoisotopic (exact) mass is 349 g/mol. The number of nitrogens with zero attached hydrogens (tertiary/aromatic N) is 2. The fourth-order valence-corrected chi connectivity index (χ4v) is 3.41. The molecule has 1 aliphatic carbocycles. The Morgan fingerprint density at radius 2 is 2.04 bits per heavy atom. The maximum absolute atomic E-state index is 12.4. The number of nitrogens with one attached hydrogen (secondary N) is 1. The van der Waals surface area contributed by atoms with Crippen molar-refractivity contribution in [2.24, 2.45) is 0 Å². The largest absolute Gasteiger partial charge is 0.383 e. The number of amides is 1. The van der Waals surface area contributed by atoms with E-state index in [0.29, 0.717) is 17.8 Å². The number of pyridine rings is 1. The number of hydrogen-bond acceptors (Lipinski definition) is 5. The second-order valence-corrected chi connectivity index (χ2v) is 6.52. The van der Waals surface area contributed by atoms with E-state index in [-0.39, 0.29) is 12.3 Å². The highest BCUT2D eigenvalue weighted by atomic mass is 16.5. The van der Waals surface area contributed by atoms with E-state index in [2.05, 4.69) is 15.5 Å². The topological polar surface area (TPSA) is 88.2 Å². The number of carbonyl (C=O) groups excluding carboxylic acids is 1. The third kappa shape index (κ3) is 3.11. The average Bonchev–Trinajstić information content (AvgIpc) is 3.18. The first-order valence-electron chi connectivity index (χ1n) is 8.63. The molecule has 0 bridgehead atoms. The van der Waals surface area contributed by atoms with Gasteiger partial charge in [0, 0.05) is 12.3 Å². The maximum atomic E-state index is 12.4. The molecule has 2 heterocycles. The molecular weight excluding hydrogens is 330 g/mol. The van der Waals surface area contributed by atoms with Crippen LogP contribution in [0.3, 0.4) is 0 Å². The smallest absolute Gasteiger partial charge is 0.290 e. The van der Waals surface area contributed by atoms with Crippen LogP contribution in [0.5, 0.6) is 0 Å². The number of aromatic nitrogens is 2. The Hall–Kier alpha value is -2.99. The van der Waals surface area contributed by atoms with Crippen LogP contribution < -0.4 is 5.32 Å². The molecule has 2 N–H and O–H groups in total. The Kier molecular flexibility index (Phi) is 4.26. The third-order valence-electron chi connectivity index (χ3n) is 4.76. The molecule has 0 saturated heterocycles. The van der Waals surface area contributed by atoms with Crippen molar-refractivity contribution in [1.29, 1.82) is 0 Å². The van der Waals surface area contributed by atoms with E-state index in [9.17, 15) is 9.90 Å². The number of fused-ring (bicyclic) bond motifs is 1. The van der Waals surface area contributed by atoms with Crippen molar-refractivity contribution in [3.8, 4) is 11.4 Å². The minimum atomic E-state index is -1.06. The van der Waals surface area contributed by atoms with Gasteiger partial charge in [0.1, 0.15) is 11.3 Å². The lowest BCUT2D eigenvalue weighted by atomic mass is 9.79. The molecule has 2 aromatic heterocycles. The Balaban J connectivity index is 1.47. The van der Waals surface area contributed by atoms with Crippen molar-refractivity contribution in [3.63, 3.8) is 0 Å². The quantitative estimate of drug-likeness (QED) is 0.756. The molecule has 3 aromatic rings. The number of benzene rings is 1. The third-order valence-corrected chi connectivity index (χ3v) is 4.76. The molecule has 1 aromatic carbocycles. The Labute approximate surface area is 150 Å². The summed E-state index contributed by atoms with van der Waals surface area (Å²) in [5.41, 5.74) is 2.09. The van der Waals surface area contributed by atoms with Crippen molar-refractivity contribution in [2.75, 3.05) is 6.54 Å². The average molecular weight is 349 g/mol. The molecule has 1 atom stereocenters. The summed E-state index contributed by atoms with van der Waals surface area (Å²) in [6, 6.07) is 14.8. The number of aliphatic hydroxyl groups is 1. The molecule has 0 aliphatic heterocycles. The SMILES string of the molecule is O=C(NC[C@]1(O)CCCc2ccccc21)c1cc(-c2ccccn2)no1. The maximum Gasteiger partial charge on any atom is 0.290 e. The molecule has 0 unspecified atom stereocenters. The number of carbonyl (C=O) groups is 1. The van der Waals surface area contributed by atoms with Gasteiger partial charge in [0.05, 0.1) is 12.2 Å². The van der Waals surface area contributed by atoms with Crippen LogP contribution in [0, 0.1) is 0 Å². The standard InChI is InChI=1S/C20H19N3O3/c24-19(18-12-17(23-26-18)16-9-3-4-11-21-16)22-13-20(25)10-5-7-14-6-1-2-8-15(14)20/h1-4,6,8-9,11-12,25H,5,7,10,13H2,(H,22,24)/t20-/m1/s1. The van der Waals surface area contributed by atoms with Gasteiger partial charge in [0.25, 0.3) is 5.91 Å².